The van der Waals surface area contributed by atoms with Gasteiger partial charge in [0.15, 0.2) is 6.61 Å². The van der Waals surface area contributed by atoms with Gasteiger partial charge in [0.05, 0.1) is 16.2 Å². The number of hydrogen-bond donors (Lipinski definition) is 1. The number of hydrogen-bond acceptors (Lipinski definition) is 6. The van der Waals surface area contributed by atoms with Crippen LogP contribution in [-0.2, 0) is 9.53 Å². The van der Waals surface area contributed by atoms with Crippen molar-refractivity contribution < 1.29 is 19.2 Å². The Bertz CT molecular complexity index is 838. The maximum atomic E-state index is 12.0. The zero-order chi connectivity index (χ0) is 18.9. The Morgan fingerprint density at radius 1 is 1.23 bits per heavy atom. The molecule has 0 aliphatic carbocycles. The summed E-state index contributed by atoms with van der Waals surface area (Å²) in [5.74, 6) is -0.622. The van der Waals surface area contributed by atoms with Crippen molar-refractivity contribution in [3.63, 3.8) is 0 Å². The van der Waals surface area contributed by atoms with Crippen LogP contribution in [0.3, 0.4) is 0 Å². The van der Waals surface area contributed by atoms with Crippen LogP contribution < -0.4 is 5.32 Å². The number of rotatable bonds is 8. The summed E-state index contributed by atoms with van der Waals surface area (Å²) in [6.45, 7) is 3.16. The number of carbonyl (C=O) groups is 2. The quantitative estimate of drug-likeness (QED) is 0.250. The fraction of sp³-hybridized carbons (Fsp3) is 0.111. The van der Waals surface area contributed by atoms with Crippen molar-refractivity contribution in [1.29, 1.82) is 0 Å². The van der Waals surface area contributed by atoms with Crippen LogP contribution in [0.1, 0.15) is 10.4 Å². The number of amides is 1. The molecular weight excluding hydrogens is 356 g/mol. The topological polar surface area (TPSA) is 98.5 Å². The number of para-hydroxylation sites is 1. The van der Waals surface area contributed by atoms with Crippen LogP contribution in [0.4, 0.5) is 11.4 Å². The summed E-state index contributed by atoms with van der Waals surface area (Å²) in [4.78, 5) is 35.0. The third kappa shape index (κ3) is 5.45. The molecule has 1 amide bonds. The van der Waals surface area contributed by atoms with Gasteiger partial charge in [0.25, 0.3) is 11.6 Å². The van der Waals surface area contributed by atoms with Gasteiger partial charge in [0, 0.05) is 22.8 Å². The van der Waals surface area contributed by atoms with Gasteiger partial charge in [-0.2, -0.15) is 0 Å². The second kappa shape index (κ2) is 9.38. The van der Waals surface area contributed by atoms with Crippen molar-refractivity contribution in [1.82, 2.24) is 0 Å². The molecule has 0 radical (unpaired) electrons. The van der Waals surface area contributed by atoms with Gasteiger partial charge >= 0.3 is 5.97 Å². The van der Waals surface area contributed by atoms with Gasteiger partial charge in [-0.15, -0.1) is 18.3 Å². The van der Waals surface area contributed by atoms with Crippen molar-refractivity contribution in [3.05, 3.63) is 76.9 Å². The summed E-state index contributed by atoms with van der Waals surface area (Å²) < 4.78 is 4.92. The monoisotopic (exact) mass is 372 g/mol. The molecule has 0 fully saturated rings. The van der Waals surface area contributed by atoms with Gasteiger partial charge < -0.3 is 10.1 Å². The van der Waals surface area contributed by atoms with E-state index in [0.717, 1.165) is 11.0 Å². The van der Waals surface area contributed by atoms with E-state index in [1.807, 2.05) is 12.1 Å². The lowest BCUT2D eigenvalue weighted by molar-refractivity contribution is -0.384. The van der Waals surface area contributed by atoms with Crippen molar-refractivity contribution in [2.24, 2.45) is 0 Å². The van der Waals surface area contributed by atoms with Gasteiger partial charge in [0.2, 0.25) is 0 Å². The van der Waals surface area contributed by atoms with Gasteiger partial charge in [-0.05, 0) is 18.2 Å². The third-order valence-electron chi connectivity index (χ3n) is 3.14. The molecule has 8 heteroatoms. The number of nitro benzene ring substituents is 1. The Morgan fingerprint density at radius 2 is 2.00 bits per heavy atom. The highest BCUT2D eigenvalue weighted by molar-refractivity contribution is 7.99. The number of anilines is 1. The van der Waals surface area contributed by atoms with Crippen molar-refractivity contribution in [2.75, 3.05) is 17.7 Å². The van der Waals surface area contributed by atoms with Crippen molar-refractivity contribution in [2.45, 2.75) is 4.90 Å². The normalized spacial score (nSPS) is 10.0. The Balaban J connectivity index is 1.95. The molecule has 0 saturated heterocycles. The molecule has 1 N–H and O–H groups in total. The lowest BCUT2D eigenvalue weighted by atomic mass is 10.2. The average Bonchev–Trinajstić information content (AvgIpc) is 2.65. The summed E-state index contributed by atoms with van der Waals surface area (Å²) in [5, 5.41) is 13.4. The van der Waals surface area contributed by atoms with E-state index in [9.17, 15) is 19.7 Å². The number of benzene rings is 2. The van der Waals surface area contributed by atoms with Gasteiger partial charge in [-0.3, -0.25) is 14.9 Å². The molecule has 2 aromatic rings. The Hall–Kier alpha value is -3.13. The van der Waals surface area contributed by atoms with E-state index in [-0.39, 0.29) is 11.3 Å². The standard InChI is InChI=1S/C18H16N2O5S/c1-2-10-26-16-9-4-3-8-15(16)19-17(21)12-25-18(22)13-6-5-7-14(11-13)20(23)24/h2-9,11H,1,10,12H2,(H,19,21). The molecule has 26 heavy (non-hydrogen) atoms. The van der Waals surface area contributed by atoms with Crippen LogP contribution in [0.15, 0.2) is 66.1 Å². The van der Waals surface area contributed by atoms with Gasteiger partial charge in [0.1, 0.15) is 0 Å². The molecule has 0 aliphatic rings. The zero-order valence-electron chi connectivity index (χ0n) is 13.7. The van der Waals surface area contributed by atoms with Crippen LogP contribution >= 0.6 is 11.8 Å². The van der Waals surface area contributed by atoms with Crippen LogP contribution in [0.2, 0.25) is 0 Å². The number of non-ortho nitro benzene ring substituents is 1. The number of esters is 1. The number of thioether (sulfide) groups is 1. The first-order valence-corrected chi connectivity index (χ1v) is 8.54. The first-order chi connectivity index (χ1) is 12.5. The molecule has 0 atom stereocenters. The van der Waals surface area contributed by atoms with Crippen LogP contribution in [0.25, 0.3) is 0 Å². The molecule has 0 unspecified atom stereocenters. The summed E-state index contributed by atoms with van der Waals surface area (Å²) in [6.07, 6.45) is 1.75. The predicted molar refractivity (Wildman–Crippen MR) is 99.4 cm³/mol. The molecule has 0 heterocycles. The van der Waals surface area contributed by atoms with Crippen molar-refractivity contribution in [3.8, 4) is 0 Å². The molecule has 0 saturated carbocycles. The summed E-state index contributed by atoms with van der Waals surface area (Å²) in [6, 6.07) is 12.4. The largest absolute Gasteiger partial charge is 0.452 e. The summed E-state index contributed by atoms with van der Waals surface area (Å²) in [5.41, 5.74) is 0.391. The molecule has 0 aliphatic heterocycles. The molecule has 2 aromatic carbocycles. The SMILES string of the molecule is C=CCSc1ccccc1NC(=O)COC(=O)c1cccc([N+](=O)[O-])c1. The highest BCUT2D eigenvalue weighted by atomic mass is 32.2. The van der Waals surface area contributed by atoms with E-state index in [1.54, 1.807) is 18.2 Å². The first-order valence-electron chi connectivity index (χ1n) is 7.55. The van der Waals surface area contributed by atoms with E-state index in [4.69, 9.17) is 4.74 Å². The second-order valence-electron chi connectivity index (χ2n) is 5.03. The van der Waals surface area contributed by atoms with Crippen LogP contribution in [-0.4, -0.2) is 29.2 Å². The third-order valence-corrected chi connectivity index (χ3v) is 4.21. The lowest BCUT2D eigenvalue weighted by Crippen LogP contribution is -2.21. The number of nitrogens with one attached hydrogen (secondary N) is 1. The highest BCUT2D eigenvalue weighted by Gasteiger charge is 2.14. The van der Waals surface area contributed by atoms with E-state index in [2.05, 4.69) is 11.9 Å². The minimum Gasteiger partial charge on any atom is -0.452 e. The van der Waals surface area contributed by atoms with Crippen molar-refractivity contribution >= 4 is 35.0 Å². The molecule has 7 nitrogen and oxygen atoms in total. The fourth-order valence-corrected chi connectivity index (χ4v) is 2.74. The Kier molecular flexibility index (Phi) is 6.92. The van der Waals surface area contributed by atoms with Crippen LogP contribution in [0, 0.1) is 10.1 Å². The van der Waals surface area contributed by atoms with E-state index in [1.165, 1.54) is 30.0 Å². The minimum atomic E-state index is -0.807. The second-order valence-corrected chi connectivity index (χ2v) is 6.09. The maximum Gasteiger partial charge on any atom is 0.338 e. The average molecular weight is 372 g/mol. The molecule has 0 bridgehead atoms. The number of carbonyl (C=O) groups excluding carboxylic acids is 2. The van der Waals surface area contributed by atoms with Gasteiger partial charge in [-0.1, -0.05) is 24.3 Å². The van der Waals surface area contributed by atoms with E-state index in [0.29, 0.717) is 11.4 Å². The molecular formula is C18H16N2O5S. The molecule has 0 spiro atoms. The zero-order valence-corrected chi connectivity index (χ0v) is 14.5. The fourth-order valence-electron chi connectivity index (χ4n) is 1.99. The summed E-state index contributed by atoms with van der Waals surface area (Å²) >= 11 is 1.51. The lowest BCUT2D eigenvalue weighted by Gasteiger charge is -2.10. The number of nitro groups is 1. The molecule has 134 valence electrons. The predicted octanol–water partition coefficient (Wildman–Crippen LogP) is 3.67. The van der Waals surface area contributed by atoms with E-state index < -0.39 is 23.4 Å². The summed E-state index contributed by atoms with van der Waals surface area (Å²) in [7, 11) is 0. The Morgan fingerprint density at radius 3 is 2.73 bits per heavy atom. The molecule has 0 aromatic heterocycles. The maximum absolute atomic E-state index is 12.0. The highest BCUT2D eigenvalue weighted by Crippen LogP contribution is 2.26. The molecule has 2 rings (SSSR count). The number of nitrogens with zero attached hydrogens (tertiary/aromatic N) is 1. The van der Waals surface area contributed by atoms with Crippen LogP contribution in [0.5, 0.6) is 0 Å². The van der Waals surface area contributed by atoms with Gasteiger partial charge in [-0.25, -0.2) is 4.79 Å². The smallest absolute Gasteiger partial charge is 0.338 e. The van der Waals surface area contributed by atoms with E-state index >= 15 is 0 Å². The first kappa shape index (κ1) is 19.2. The minimum absolute atomic E-state index is 0.00828. The number of ether oxygens (including phenoxy) is 1. The Labute approximate surface area is 154 Å².